The maximum atomic E-state index is 14.2. The summed E-state index contributed by atoms with van der Waals surface area (Å²) in [5.74, 6) is -2.63. The van der Waals surface area contributed by atoms with Gasteiger partial charge < -0.3 is 15.4 Å². The lowest BCUT2D eigenvalue weighted by Gasteiger charge is -2.35. The van der Waals surface area contributed by atoms with Crippen LogP contribution in [0.15, 0.2) is 0 Å². The topological polar surface area (TPSA) is 124 Å². The van der Waals surface area contributed by atoms with Gasteiger partial charge in [-0.15, -0.1) is 0 Å². The lowest BCUT2D eigenvalue weighted by molar-refractivity contribution is -0.161. The van der Waals surface area contributed by atoms with E-state index in [0.717, 1.165) is 32.1 Å². The molecule has 0 aromatic heterocycles. The first kappa shape index (κ1) is 32.3. The Labute approximate surface area is 240 Å². The van der Waals surface area contributed by atoms with Gasteiger partial charge in [0.1, 0.15) is 5.60 Å². The minimum atomic E-state index is -1.00. The van der Waals surface area contributed by atoms with Crippen molar-refractivity contribution in [3.63, 3.8) is 0 Å². The molecule has 0 radical (unpaired) electrons. The van der Waals surface area contributed by atoms with E-state index in [0.29, 0.717) is 37.1 Å². The average molecular weight is 561 g/mol. The predicted octanol–water partition coefficient (Wildman–Crippen LogP) is 4.85. The van der Waals surface area contributed by atoms with E-state index in [1.165, 1.54) is 0 Å². The van der Waals surface area contributed by atoms with Crippen LogP contribution < -0.4 is 5.73 Å². The fraction of sp³-hybridized carbons (Fsp3) is 0.844. The number of carbonyl (C=O) groups excluding carboxylic acids is 5. The summed E-state index contributed by atoms with van der Waals surface area (Å²) in [6.07, 6.45) is 5.98. The molecule has 1 saturated heterocycles. The van der Waals surface area contributed by atoms with E-state index in [-0.39, 0.29) is 29.9 Å². The summed E-state index contributed by atoms with van der Waals surface area (Å²) in [5.41, 5.74) is 4.06. The summed E-state index contributed by atoms with van der Waals surface area (Å²) in [6, 6.07) is -0.669. The number of carbonyl (C=O) groups is 5. The van der Waals surface area contributed by atoms with E-state index in [1.807, 2.05) is 20.8 Å². The molecule has 1 spiro atoms. The van der Waals surface area contributed by atoms with Crippen molar-refractivity contribution in [2.24, 2.45) is 46.2 Å². The first-order valence-electron chi connectivity index (χ1n) is 15.2. The molecule has 1 aliphatic heterocycles. The number of rotatable bonds is 12. The first-order chi connectivity index (χ1) is 18.3. The summed E-state index contributed by atoms with van der Waals surface area (Å²) < 4.78 is 5.56. The third kappa shape index (κ3) is 7.94. The second-order valence-corrected chi connectivity index (χ2v) is 15.4. The molecule has 2 amide bonds. The molecular formula is C32H52N2O6. The highest BCUT2D eigenvalue weighted by Crippen LogP contribution is 2.63. The Morgan fingerprint density at radius 3 is 2.05 bits per heavy atom. The van der Waals surface area contributed by atoms with Gasteiger partial charge in [-0.3, -0.25) is 24.0 Å². The van der Waals surface area contributed by atoms with Crippen LogP contribution in [0.5, 0.6) is 0 Å². The zero-order valence-electron chi connectivity index (χ0n) is 26.0. The molecule has 3 rings (SSSR count). The Hall–Kier alpha value is -2.25. The summed E-state index contributed by atoms with van der Waals surface area (Å²) in [7, 11) is 0. The largest absolute Gasteiger partial charge is 0.460 e. The molecule has 1 heterocycles. The van der Waals surface area contributed by atoms with Crippen LogP contribution in [0.3, 0.4) is 0 Å². The van der Waals surface area contributed by atoms with Crippen LogP contribution in [0.25, 0.3) is 0 Å². The van der Waals surface area contributed by atoms with Crippen molar-refractivity contribution in [2.45, 2.75) is 125 Å². The number of hydrogen-bond donors (Lipinski definition) is 1. The fourth-order valence-corrected chi connectivity index (χ4v) is 6.81. The SMILES string of the molecule is CC(C)CC1C[C@@]12CC(C(=O)CC(CC1CCC1)C(=O)C(N)=O)N(C(=O)[C@@H](CC(=O)OC(C)(C)C)C(C)(C)C)C2. The standard InChI is InChI=1S/C32H52N2O6/c1-19(2)12-22-16-32(22)17-24(25(35)14-21(27(37)28(33)38)13-20-10-9-11-20)34(18-32)29(39)23(30(3,4)5)15-26(36)40-31(6,7)8/h19-24H,9-18H2,1-8H3,(H2,33,38)/t21?,22?,23-,24?,32+/m1/s1. The van der Waals surface area contributed by atoms with Crippen molar-refractivity contribution in [2.75, 3.05) is 6.54 Å². The van der Waals surface area contributed by atoms with Crippen LogP contribution >= 0.6 is 0 Å². The van der Waals surface area contributed by atoms with Crippen molar-refractivity contribution in [1.82, 2.24) is 4.90 Å². The number of esters is 1. The quantitative estimate of drug-likeness (QED) is 0.269. The van der Waals surface area contributed by atoms with Gasteiger partial charge in [-0.05, 0) is 75.0 Å². The summed E-state index contributed by atoms with van der Waals surface area (Å²) >= 11 is 0. The monoisotopic (exact) mass is 560 g/mol. The molecule has 3 unspecified atom stereocenters. The van der Waals surface area contributed by atoms with Gasteiger partial charge in [-0.1, -0.05) is 53.9 Å². The average Bonchev–Trinajstić information content (AvgIpc) is 3.25. The Morgan fingerprint density at radius 2 is 1.57 bits per heavy atom. The van der Waals surface area contributed by atoms with Crippen molar-refractivity contribution < 1.29 is 28.7 Å². The number of ketones is 2. The second-order valence-electron chi connectivity index (χ2n) is 15.4. The Morgan fingerprint density at radius 1 is 0.950 bits per heavy atom. The Balaban J connectivity index is 1.87. The molecular weight excluding hydrogens is 508 g/mol. The molecule has 2 saturated carbocycles. The molecule has 2 aliphatic carbocycles. The van der Waals surface area contributed by atoms with Crippen molar-refractivity contribution in [1.29, 1.82) is 0 Å². The van der Waals surface area contributed by atoms with Gasteiger partial charge in [-0.25, -0.2) is 0 Å². The van der Waals surface area contributed by atoms with Gasteiger partial charge in [0.05, 0.1) is 18.4 Å². The molecule has 0 aromatic rings. The smallest absolute Gasteiger partial charge is 0.307 e. The number of amides is 2. The van der Waals surface area contributed by atoms with Gasteiger partial charge in [0.15, 0.2) is 5.78 Å². The van der Waals surface area contributed by atoms with Gasteiger partial charge >= 0.3 is 5.97 Å². The zero-order chi connectivity index (χ0) is 30.2. The maximum Gasteiger partial charge on any atom is 0.307 e. The van der Waals surface area contributed by atoms with Crippen molar-refractivity contribution >= 4 is 29.4 Å². The van der Waals surface area contributed by atoms with Crippen LogP contribution in [0.4, 0.5) is 0 Å². The zero-order valence-corrected chi connectivity index (χ0v) is 26.0. The van der Waals surface area contributed by atoms with Crippen LogP contribution in [0.1, 0.15) is 113 Å². The fourth-order valence-electron chi connectivity index (χ4n) is 6.81. The van der Waals surface area contributed by atoms with Crippen LogP contribution in [-0.4, -0.2) is 52.4 Å². The van der Waals surface area contributed by atoms with E-state index in [2.05, 4.69) is 13.8 Å². The minimum Gasteiger partial charge on any atom is -0.460 e. The van der Waals surface area contributed by atoms with Gasteiger partial charge in [0.2, 0.25) is 11.7 Å². The Kier molecular flexibility index (Phi) is 9.62. The first-order valence-corrected chi connectivity index (χ1v) is 15.2. The molecule has 8 nitrogen and oxygen atoms in total. The lowest BCUT2D eigenvalue weighted by Crippen LogP contribution is -2.48. The number of ether oxygens (including phenoxy) is 1. The second kappa shape index (κ2) is 11.9. The number of likely N-dealkylation sites (tertiary alicyclic amines) is 1. The third-order valence-corrected chi connectivity index (χ3v) is 9.27. The van der Waals surface area contributed by atoms with Crippen molar-refractivity contribution in [3.05, 3.63) is 0 Å². The van der Waals surface area contributed by atoms with E-state index in [4.69, 9.17) is 10.5 Å². The molecule has 3 fully saturated rings. The predicted molar refractivity (Wildman–Crippen MR) is 153 cm³/mol. The third-order valence-electron chi connectivity index (χ3n) is 9.27. The molecule has 2 N–H and O–H groups in total. The molecule has 3 aliphatic rings. The van der Waals surface area contributed by atoms with Gasteiger partial charge in [-0.2, -0.15) is 0 Å². The van der Waals surface area contributed by atoms with E-state index < -0.39 is 46.6 Å². The van der Waals surface area contributed by atoms with Crippen molar-refractivity contribution in [3.8, 4) is 0 Å². The highest BCUT2D eigenvalue weighted by Gasteiger charge is 2.62. The highest BCUT2D eigenvalue weighted by atomic mass is 16.6. The van der Waals surface area contributed by atoms with Gasteiger partial charge in [0, 0.05) is 18.9 Å². The lowest BCUT2D eigenvalue weighted by atomic mass is 9.76. The highest BCUT2D eigenvalue weighted by molar-refractivity contribution is 6.36. The summed E-state index contributed by atoms with van der Waals surface area (Å²) in [4.78, 5) is 67.2. The maximum absolute atomic E-state index is 14.2. The van der Waals surface area contributed by atoms with Crippen LogP contribution in [0.2, 0.25) is 0 Å². The molecule has 226 valence electrons. The van der Waals surface area contributed by atoms with Crippen LogP contribution in [-0.2, 0) is 28.7 Å². The summed E-state index contributed by atoms with van der Waals surface area (Å²) in [6.45, 7) is 16.0. The molecule has 0 aromatic carbocycles. The van der Waals surface area contributed by atoms with Crippen LogP contribution in [0, 0.1) is 40.4 Å². The number of nitrogens with zero attached hydrogens (tertiary/aromatic N) is 1. The number of nitrogens with two attached hydrogens (primary N) is 1. The number of primary amides is 1. The molecule has 8 heteroatoms. The van der Waals surface area contributed by atoms with Gasteiger partial charge in [0.25, 0.3) is 5.91 Å². The Bertz CT molecular complexity index is 1000. The molecule has 5 atom stereocenters. The minimum absolute atomic E-state index is 0.0656. The van der Waals surface area contributed by atoms with E-state index in [1.54, 1.807) is 25.7 Å². The normalized spacial score (nSPS) is 26.4. The molecule has 40 heavy (non-hydrogen) atoms. The van der Waals surface area contributed by atoms with E-state index >= 15 is 0 Å². The number of Topliss-reactive ketones (excluding diaryl/α,β-unsaturated/α-hetero) is 2. The number of hydrogen-bond acceptors (Lipinski definition) is 6. The summed E-state index contributed by atoms with van der Waals surface area (Å²) in [5, 5.41) is 0. The van der Waals surface area contributed by atoms with E-state index in [9.17, 15) is 24.0 Å². The molecule has 0 bridgehead atoms.